The van der Waals surface area contributed by atoms with E-state index in [1.807, 2.05) is 11.6 Å². The third-order valence-electron chi connectivity index (χ3n) is 3.73. The van der Waals surface area contributed by atoms with E-state index in [0.717, 1.165) is 25.3 Å². The summed E-state index contributed by atoms with van der Waals surface area (Å²) in [7, 11) is 1.98. The van der Waals surface area contributed by atoms with Crippen LogP contribution in [0.15, 0.2) is 36.7 Å². The van der Waals surface area contributed by atoms with Crippen LogP contribution in [-0.2, 0) is 13.5 Å². The predicted molar refractivity (Wildman–Crippen MR) is 81.6 cm³/mol. The molecule has 2 aromatic rings. The molecular formula is C16H24N4. The first-order valence-electron chi connectivity index (χ1n) is 7.27. The van der Waals surface area contributed by atoms with E-state index in [0.29, 0.717) is 11.8 Å². The first kappa shape index (κ1) is 14.7. The van der Waals surface area contributed by atoms with Crippen LogP contribution in [0.1, 0.15) is 31.2 Å². The Morgan fingerprint density at radius 3 is 2.55 bits per heavy atom. The maximum Gasteiger partial charge on any atom is 0.133 e. The van der Waals surface area contributed by atoms with Crippen molar-refractivity contribution in [2.75, 3.05) is 13.1 Å². The molecule has 108 valence electrons. The molecule has 2 rings (SSSR count). The molecule has 4 nitrogen and oxygen atoms in total. The van der Waals surface area contributed by atoms with Crippen molar-refractivity contribution in [1.82, 2.24) is 20.1 Å². The highest BCUT2D eigenvalue weighted by Gasteiger charge is 2.14. The minimum Gasteiger partial charge on any atom is -0.321 e. The number of nitrogens with zero attached hydrogens (tertiary/aromatic N) is 3. The van der Waals surface area contributed by atoms with Gasteiger partial charge in [0.15, 0.2) is 0 Å². The molecule has 0 aliphatic heterocycles. The van der Waals surface area contributed by atoms with E-state index in [2.05, 4.69) is 59.7 Å². The molecule has 0 saturated carbocycles. The third kappa shape index (κ3) is 3.90. The second-order valence-corrected chi connectivity index (χ2v) is 5.57. The fraction of sp³-hybridized carbons (Fsp3) is 0.500. The Morgan fingerprint density at radius 1 is 1.20 bits per heavy atom. The highest BCUT2D eigenvalue weighted by molar-refractivity contribution is 5.20. The van der Waals surface area contributed by atoms with Crippen molar-refractivity contribution in [2.24, 2.45) is 13.0 Å². The molecule has 4 heteroatoms. The van der Waals surface area contributed by atoms with Gasteiger partial charge in [0.2, 0.25) is 0 Å². The maximum atomic E-state index is 4.10. The Bertz CT molecular complexity index is 504. The zero-order chi connectivity index (χ0) is 14.4. The molecule has 0 bridgehead atoms. The van der Waals surface area contributed by atoms with E-state index in [9.17, 15) is 0 Å². The van der Waals surface area contributed by atoms with Crippen molar-refractivity contribution < 1.29 is 0 Å². The van der Waals surface area contributed by atoms with Crippen LogP contribution in [0.4, 0.5) is 0 Å². The molecule has 0 spiro atoms. The summed E-state index contributed by atoms with van der Waals surface area (Å²) in [6.07, 6.45) is 2.66. The lowest BCUT2D eigenvalue weighted by atomic mass is 9.88. The molecule has 20 heavy (non-hydrogen) atoms. The van der Waals surface area contributed by atoms with Crippen molar-refractivity contribution in [3.63, 3.8) is 0 Å². The molecule has 0 aliphatic rings. The standard InChI is InChI=1S/C16H24N4/c1-13(2)15(14-7-5-4-6-8-14)11-17-10-9-16-19-18-12-20(16)3/h4-8,12-13,15,17H,9-11H2,1-3H3. The van der Waals surface area contributed by atoms with E-state index in [1.165, 1.54) is 5.56 Å². The van der Waals surface area contributed by atoms with Crippen LogP contribution >= 0.6 is 0 Å². The van der Waals surface area contributed by atoms with Crippen LogP contribution in [0, 0.1) is 5.92 Å². The van der Waals surface area contributed by atoms with Crippen molar-refractivity contribution in [1.29, 1.82) is 0 Å². The van der Waals surface area contributed by atoms with E-state index < -0.39 is 0 Å². The van der Waals surface area contributed by atoms with Crippen molar-refractivity contribution >= 4 is 0 Å². The smallest absolute Gasteiger partial charge is 0.133 e. The van der Waals surface area contributed by atoms with Crippen molar-refractivity contribution in [2.45, 2.75) is 26.2 Å². The molecule has 1 aromatic carbocycles. The zero-order valence-corrected chi connectivity index (χ0v) is 12.6. The monoisotopic (exact) mass is 272 g/mol. The summed E-state index contributed by atoms with van der Waals surface area (Å²) in [6.45, 7) is 6.49. The number of rotatable bonds is 7. The topological polar surface area (TPSA) is 42.7 Å². The van der Waals surface area contributed by atoms with Crippen LogP contribution in [0.3, 0.4) is 0 Å². The summed E-state index contributed by atoms with van der Waals surface area (Å²) in [6, 6.07) is 10.7. The number of hydrogen-bond donors (Lipinski definition) is 1. The molecule has 1 atom stereocenters. The third-order valence-corrected chi connectivity index (χ3v) is 3.73. The van der Waals surface area contributed by atoms with Gasteiger partial charge < -0.3 is 9.88 Å². The second kappa shape index (κ2) is 7.20. The highest BCUT2D eigenvalue weighted by atomic mass is 15.2. The lowest BCUT2D eigenvalue weighted by Gasteiger charge is -2.22. The molecule has 0 radical (unpaired) electrons. The highest BCUT2D eigenvalue weighted by Crippen LogP contribution is 2.23. The second-order valence-electron chi connectivity index (χ2n) is 5.57. The van der Waals surface area contributed by atoms with E-state index in [4.69, 9.17) is 0 Å². The molecule has 0 amide bonds. The SMILES string of the molecule is CC(C)C(CNCCc1nncn1C)c1ccccc1. The van der Waals surface area contributed by atoms with E-state index in [1.54, 1.807) is 6.33 Å². The summed E-state index contributed by atoms with van der Waals surface area (Å²) < 4.78 is 1.97. The van der Waals surface area contributed by atoms with Gasteiger partial charge in [0.25, 0.3) is 0 Å². The number of aromatic nitrogens is 3. The fourth-order valence-corrected chi connectivity index (χ4v) is 2.43. The number of nitrogens with one attached hydrogen (secondary N) is 1. The average Bonchev–Trinajstić information content (AvgIpc) is 2.85. The van der Waals surface area contributed by atoms with Gasteiger partial charge in [-0.3, -0.25) is 0 Å². The molecule has 0 saturated heterocycles. The summed E-state index contributed by atoms with van der Waals surface area (Å²) in [5.74, 6) is 2.20. The van der Waals surface area contributed by atoms with Crippen molar-refractivity contribution in [3.05, 3.63) is 48.0 Å². The summed E-state index contributed by atoms with van der Waals surface area (Å²) >= 11 is 0. The minimum atomic E-state index is 0.552. The van der Waals surface area contributed by atoms with Gasteiger partial charge in [0.05, 0.1) is 0 Å². The van der Waals surface area contributed by atoms with Gasteiger partial charge in [-0.25, -0.2) is 0 Å². The van der Waals surface area contributed by atoms with Crippen molar-refractivity contribution in [3.8, 4) is 0 Å². The Hall–Kier alpha value is -1.68. The number of hydrogen-bond acceptors (Lipinski definition) is 3. The van der Waals surface area contributed by atoms with Gasteiger partial charge in [0, 0.05) is 26.6 Å². The Balaban J connectivity index is 1.83. The largest absolute Gasteiger partial charge is 0.321 e. The zero-order valence-electron chi connectivity index (χ0n) is 12.6. The first-order valence-corrected chi connectivity index (χ1v) is 7.27. The Kier molecular flexibility index (Phi) is 5.30. The lowest BCUT2D eigenvalue weighted by Crippen LogP contribution is -2.27. The lowest BCUT2D eigenvalue weighted by molar-refractivity contribution is 0.461. The molecule has 1 heterocycles. The van der Waals surface area contributed by atoms with Gasteiger partial charge in [-0.05, 0) is 17.4 Å². The van der Waals surface area contributed by atoms with Crippen LogP contribution in [0.2, 0.25) is 0 Å². The van der Waals surface area contributed by atoms with E-state index >= 15 is 0 Å². The Morgan fingerprint density at radius 2 is 1.95 bits per heavy atom. The van der Waals surface area contributed by atoms with Crippen LogP contribution in [-0.4, -0.2) is 27.9 Å². The van der Waals surface area contributed by atoms with Crippen LogP contribution in [0.5, 0.6) is 0 Å². The summed E-state index contributed by atoms with van der Waals surface area (Å²) in [5.41, 5.74) is 1.41. The maximum absolute atomic E-state index is 4.10. The molecule has 1 unspecified atom stereocenters. The van der Waals surface area contributed by atoms with Gasteiger partial charge in [0.1, 0.15) is 12.2 Å². The van der Waals surface area contributed by atoms with Crippen LogP contribution in [0.25, 0.3) is 0 Å². The van der Waals surface area contributed by atoms with E-state index in [-0.39, 0.29) is 0 Å². The molecule has 0 aliphatic carbocycles. The average molecular weight is 272 g/mol. The molecule has 1 N–H and O–H groups in total. The Labute approximate surface area is 121 Å². The number of aryl methyl sites for hydroxylation is 1. The van der Waals surface area contributed by atoms with Gasteiger partial charge in [-0.15, -0.1) is 10.2 Å². The quantitative estimate of drug-likeness (QED) is 0.787. The first-order chi connectivity index (χ1) is 9.68. The number of benzene rings is 1. The summed E-state index contributed by atoms with van der Waals surface area (Å²) in [4.78, 5) is 0. The van der Waals surface area contributed by atoms with Gasteiger partial charge in [-0.2, -0.15) is 0 Å². The van der Waals surface area contributed by atoms with Gasteiger partial charge >= 0.3 is 0 Å². The fourth-order valence-electron chi connectivity index (χ4n) is 2.43. The normalized spacial score (nSPS) is 12.8. The molecule has 1 aromatic heterocycles. The van der Waals surface area contributed by atoms with Gasteiger partial charge in [-0.1, -0.05) is 44.2 Å². The predicted octanol–water partition coefficient (Wildman–Crippen LogP) is 2.39. The van der Waals surface area contributed by atoms with Crippen LogP contribution < -0.4 is 5.32 Å². The minimum absolute atomic E-state index is 0.552. The molecule has 0 fully saturated rings. The molecular weight excluding hydrogens is 248 g/mol. The summed E-state index contributed by atoms with van der Waals surface area (Å²) in [5, 5.41) is 11.5.